The van der Waals surface area contributed by atoms with Crippen LogP contribution < -0.4 is 5.73 Å². The first-order valence-electron chi connectivity index (χ1n) is 4.26. The predicted octanol–water partition coefficient (Wildman–Crippen LogP) is 0.392. The van der Waals surface area contributed by atoms with E-state index in [1.54, 1.807) is 0 Å². The molecule has 0 atom stereocenters. The number of hydrogen-bond acceptors (Lipinski definition) is 2. The molecule has 1 spiro atoms. The van der Waals surface area contributed by atoms with Crippen molar-refractivity contribution in [2.75, 3.05) is 19.6 Å². The lowest BCUT2D eigenvalue weighted by atomic mass is 9.63. The Labute approximate surface area is 67.7 Å². The smallest absolute Gasteiger partial charge is 0.0620 e. The summed E-state index contributed by atoms with van der Waals surface area (Å²) in [5.41, 5.74) is 5.81. The summed E-state index contributed by atoms with van der Waals surface area (Å²) in [5.74, 6) is 2.89. The van der Waals surface area contributed by atoms with Crippen LogP contribution in [0.2, 0.25) is 0 Å². The van der Waals surface area contributed by atoms with E-state index in [0.29, 0.717) is 0 Å². The summed E-state index contributed by atoms with van der Waals surface area (Å²) in [5, 5.41) is 0. The molecule has 0 unspecified atom stereocenters. The van der Waals surface area contributed by atoms with Crippen LogP contribution in [0.3, 0.4) is 0 Å². The lowest BCUT2D eigenvalue weighted by Gasteiger charge is -2.55. The number of rotatable bonds is 1. The van der Waals surface area contributed by atoms with E-state index in [9.17, 15) is 0 Å². The van der Waals surface area contributed by atoms with Crippen molar-refractivity contribution in [1.82, 2.24) is 4.90 Å². The van der Waals surface area contributed by atoms with Crippen LogP contribution in [-0.2, 0) is 0 Å². The summed E-state index contributed by atoms with van der Waals surface area (Å²) in [7, 11) is 0. The van der Waals surface area contributed by atoms with Gasteiger partial charge in [-0.15, -0.1) is 0 Å². The highest BCUT2D eigenvalue weighted by Crippen LogP contribution is 2.47. The van der Waals surface area contributed by atoms with E-state index in [1.807, 2.05) is 0 Å². The third-order valence-corrected chi connectivity index (χ3v) is 2.94. The maximum absolute atomic E-state index is 5.08. The molecule has 1 aliphatic carbocycles. The van der Waals surface area contributed by atoms with Crippen molar-refractivity contribution in [1.29, 1.82) is 0 Å². The van der Waals surface area contributed by atoms with Crippen molar-refractivity contribution < 1.29 is 0 Å². The molecule has 2 nitrogen and oxygen atoms in total. The van der Waals surface area contributed by atoms with E-state index < -0.39 is 0 Å². The standard InChI is InChI=1S/C9H14N2/c10-5-2-6-11-7-9(8-11)3-1-4-9/h1,3-4,6-8,10H2. The molecule has 2 N–H and O–H groups in total. The Balaban J connectivity index is 1.73. The fraction of sp³-hybridized carbons (Fsp3) is 0.778. The van der Waals surface area contributed by atoms with Gasteiger partial charge in [0.25, 0.3) is 0 Å². The van der Waals surface area contributed by atoms with Crippen molar-refractivity contribution in [3.05, 3.63) is 0 Å². The molecule has 1 aliphatic heterocycles. The number of nitrogens with zero attached hydrogens (tertiary/aromatic N) is 1. The summed E-state index contributed by atoms with van der Waals surface area (Å²) < 4.78 is 0. The molecular formula is C9H14N2. The molecule has 11 heavy (non-hydrogen) atoms. The van der Waals surface area contributed by atoms with Gasteiger partial charge >= 0.3 is 0 Å². The summed E-state index contributed by atoms with van der Waals surface area (Å²) in [4.78, 5) is 2.37. The second-order valence-electron chi connectivity index (χ2n) is 3.82. The molecule has 2 fully saturated rings. The quantitative estimate of drug-likeness (QED) is 0.433. The monoisotopic (exact) mass is 150 g/mol. The molecule has 2 aliphatic rings. The van der Waals surface area contributed by atoms with E-state index in [4.69, 9.17) is 5.73 Å². The Bertz CT molecular complexity index is 199. The Morgan fingerprint density at radius 2 is 2.09 bits per heavy atom. The molecule has 1 saturated carbocycles. The average Bonchev–Trinajstić information content (AvgIpc) is 1.81. The normalized spacial score (nSPS) is 26.5. The zero-order chi connectivity index (χ0) is 7.73. The van der Waals surface area contributed by atoms with Crippen LogP contribution in [0.15, 0.2) is 0 Å². The topological polar surface area (TPSA) is 29.3 Å². The lowest BCUT2D eigenvalue weighted by Crippen LogP contribution is -2.59. The van der Waals surface area contributed by atoms with Crippen LogP contribution in [0.4, 0.5) is 0 Å². The van der Waals surface area contributed by atoms with Gasteiger partial charge in [-0.1, -0.05) is 12.3 Å². The van der Waals surface area contributed by atoms with E-state index in [1.165, 1.54) is 32.4 Å². The molecule has 2 rings (SSSR count). The fourth-order valence-electron chi connectivity index (χ4n) is 2.16. The van der Waals surface area contributed by atoms with E-state index in [-0.39, 0.29) is 0 Å². The first-order valence-corrected chi connectivity index (χ1v) is 4.26. The highest BCUT2D eigenvalue weighted by Gasteiger charge is 2.46. The zero-order valence-electron chi connectivity index (χ0n) is 6.77. The van der Waals surface area contributed by atoms with E-state index >= 15 is 0 Å². The average molecular weight is 150 g/mol. The largest absolute Gasteiger partial charge is 0.359 e. The highest BCUT2D eigenvalue weighted by molar-refractivity contribution is 5.05. The van der Waals surface area contributed by atoms with Crippen LogP contribution >= 0.6 is 0 Å². The third kappa shape index (κ3) is 1.10. The zero-order valence-corrected chi connectivity index (χ0v) is 6.77. The minimum atomic E-state index is 0.732. The second kappa shape index (κ2) is 2.42. The molecule has 0 radical (unpaired) electrons. The van der Waals surface area contributed by atoms with Gasteiger partial charge in [0.1, 0.15) is 0 Å². The third-order valence-electron chi connectivity index (χ3n) is 2.94. The van der Waals surface area contributed by atoms with Crippen LogP contribution in [-0.4, -0.2) is 24.5 Å². The molecular weight excluding hydrogens is 136 g/mol. The fourth-order valence-corrected chi connectivity index (χ4v) is 2.16. The second-order valence-corrected chi connectivity index (χ2v) is 3.82. The first kappa shape index (κ1) is 7.00. The maximum atomic E-state index is 5.08. The maximum Gasteiger partial charge on any atom is 0.0620 e. The van der Waals surface area contributed by atoms with Crippen molar-refractivity contribution >= 4 is 0 Å². The summed E-state index contributed by atoms with van der Waals surface area (Å²) in [6, 6.07) is 2.44. The summed E-state index contributed by atoms with van der Waals surface area (Å²) >= 11 is 0. The van der Waals surface area contributed by atoms with Gasteiger partial charge in [0.15, 0.2) is 0 Å². The molecule has 0 aromatic carbocycles. The van der Waals surface area contributed by atoms with Crippen molar-refractivity contribution in [3.63, 3.8) is 0 Å². The molecule has 0 aromatic heterocycles. The molecule has 0 amide bonds. The van der Waals surface area contributed by atoms with Gasteiger partial charge in [-0.2, -0.15) is 0 Å². The summed E-state index contributed by atoms with van der Waals surface area (Å²) in [6.45, 7) is 3.40. The van der Waals surface area contributed by atoms with Gasteiger partial charge in [-0.25, -0.2) is 0 Å². The van der Waals surface area contributed by atoms with Crippen LogP contribution in [0.5, 0.6) is 0 Å². The molecule has 1 heterocycles. The van der Waals surface area contributed by atoms with Gasteiger partial charge in [0.05, 0.1) is 6.54 Å². The van der Waals surface area contributed by atoms with Gasteiger partial charge in [-0.3, -0.25) is 4.90 Å². The van der Waals surface area contributed by atoms with E-state index in [0.717, 1.165) is 12.0 Å². The van der Waals surface area contributed by atoms with Gasteiger partial charge < -0.3 is 5.73 Å². The lowest BCUT2D eigenvalue weighted by molar-refractivity contribution is -0.0516. The number of likely N-dealkylation sites (tertiary alicyclic amines) is 1. The Kier molecular flexibility index (Phi) is 1.54. The van der Waals surface area contributed by atoms with Crippen LogP contribution in [0, 0.1) is 17.4 Å². The van der Waals surface area contributed by atoms with Gasteiger partial charge in [-0.05, 0) is 18.3 Å². The molecule has 60 valence electrons. The van der Waals surface area contributed by atoms with Crippen molar-refractivity contribution in [2.24, 2.45) is 11.1 Å². The Morgan fingerprint density at radius 3 is 2.55 bits per heavy atom. The molecule has 0 aromatic rings. The van der Waals surface area contributed by atoms with Crippen molar-refractivity contribution in [2.45, 2.75) is 19.3 Å². The number of hydrogen-bond donors (Lipinski definition) is 1. The van der Waals surface area contributed by atoms with Gasteiger partial charge in [0, 0.05) is 19.1 Å². The van der Waals surface area contributed by atoms with Crippen LogP contribution in [0.1, 0.15) is 19.3 Å². The number of nitrogens with two attached hydrogens (primary N) is 1. The van der Waals surface area contributed by atoms with Gasteiger partial charge in [0.2, 0.25) is 0 Å². The minimum Gasteiger partial charge on any atom is -0.359 e. The first-order chi connectivity index (χ1) is 5.35. The predicted molar refractivity (Wildman–Crippen MR) is 44.7 cm³/mol. The summed E-state index contributed by atoms with van der Waals surface area (Å²) in [6.07, 6.45) is 4.33. The van der Waals surface area contributed by atoms with Crippen molar-refractivity contribution in [3.8, 4) is 12.0 Å². The Morgan fingerprint density at radius 1 is 1.36 bits per heavy atom. The highest BCUT2D eigenvalue weighted by atomic mass is 15.2. The SMILES string of the molecule is NC#CCN1CC2(CCC2)C1. The molecule has 2 heteroatoms. The molecule has 0 bridgehead atoms. The molecule has 1 saturated heterocycles. The van der Waals surface area contributed by atoms with E-state index in [2.05, 4.69) is 16.9 Å². The van der Waals surface area contributed by atoms with Crippen LogP contribution in [0.25, 0.3) is 0 Å². The minimum absolute atomic E-state index is 0.732. The Hall–Kier alpha value is -0.680.